The molecule has 0 unspecified atom stereocenters. The van der Waals surface area contributed by atoms with Crippen molar-refractivity contribution in [2.75, 3.05) is 0 Å². The van der Waals surface area contributed by atoms with E-state index in [1.54, 1.807) is 30.3 Å². The van der Waals surface area contributed by atoms with Crippen LogP contribution in [0.3, 0.4) is 0 Å². The number of esters is 1. The van der Waals surface area contributed by atoms with Crippen LogP contribution >= 0.6 is 0 Å². The second-order valence-electron chi connectivity index (χ2n) is 8.14. The largest absolute Gasteiger partial charge is 0.427 e. The normalized spacial score (nSPS) is 11.2. The van der Waals surface area contributed by atoms with Crippen molar-refractivity contribution in [1.82, 2.24) is 0 Å². The lowest BCUT2D eigenvalue weighted by molar-refractivity contribution is -0.134. The number of ether oxygens (including phenoxy) is 1. The molecule has 0 amide bonds. The maximum absolute atomic E-state index is 12.6. The molecule has 0 bridgehead atoms. The van der Waals surface area contributed by atoms with Gasteiger partial charge in [0.2, 0.25) is 0 Å². The summed E-state index contributed by atoms with van der Waals surface area (Å²) in [6, 6.07) is 20.9. The first kappa shape index (κ1) is 23.5. The van der Waals surface area contributed by atoms with Crippen LogP contribution in [-0.4, -0.2) is 11.8 Å². The topological polar surface area (TPSA) is 43.4 Å². The molecule has 0 aromatic heterocycles. The molecule has 0 aliphatic carbocycles. The first-order valence-electron chi connectivity index (χ1n) is 11.7. The van der Waals surface area contributed by atoms with Gasteiger partial charge in [-0.15, -0.1) is 0 Å². The molecule has 0 aliphatic rings. The first-order valence-corrected chi connectivity index (χ1v) is 11.7. The van der Waals surface area contributed by atoms with E-state index in [9.17, 15) is 9.59 Å². The number of hydrogen-bond donors (Lipinski definition) is 0. The van der Waals surface area contributed by atoms with E-state index in [0.717, 1.165) is 29.2 Å². The second kappa shape index (κ2) is 12.6. The van der Waals surface area contributed by atoms with E-state index in [1.165, 1.54) is 32.1 Å². The third kappa shape index (κ3) is 7.19. The molecule has 0 spiro atoms. The van der Waals surface area contributed by atoms with Gasteiger partial charge < -0.3 is 4.74 Å². The van der Waals surface area contributed by atoms with E-state index >= 15 is 0 Å². The lowest BCUT2D eigenvalue weighted by Gasteiger charge is -2.05. The minimum absolute atomic E-state index is 0.0844. The molecule has 3 nitrogen and oxygen atoms in total. The van der Waals surface area contributed by atoms with Gasteiger partial charge in [-0.3, -0.25) is 9.59 Å². The van der Waals surface area contributed by atoms with Crippen molar-refractivity contribution >= 4 is 28.6 Å². The van der Waals surface area contributed by atoms with Gasteiger partial charge in [0.25, 0.3) is 0 Å². The van der Waals surface area contributed by atoms with Crippen LogP contribution in [0.1, 0.15) is 74.2 Å². The summed E-state index contributed by atoms with van der Waals surface area (Å²) in [5.41, 5.74) is 1.57. The van der Waals surface area contributed by atoms with Crippen molar-refractivity contribution in [1.29, 1.82) is 0 Å². The molecular weight excluding hydrogens is 396 g/mol. The van der Waals surface area contributed by atoms with E-state index in [0.29, 0.717) is 17.7 Å². The molecule has 0 aliphatic heterocycles. The van der Waals surface area contributed by atoms with Crippen LogP contribution < -0.4 is 4.74 Å². The monoisotopic (exact) mass is 428 g/mol. The zero-order valence-electron chi connectivity index (χ0n) is 18.9. The lowest BCUT2D eigenvalue weighted by Crippen LogP contribution is -2.07. The maximum atomic E-state index is 12.6. The summed E-state index contributed by atoms with van der Waals surface area (Å²) >= 11 is 0. The molecule has 166 valence electrons. The molecule has 0 radical (unpaired) electrons. The highest BCUT2D eigenvalue weighted by Gasteiger charge is 2.07. The predicted molar refractivity (Wildman–Crippen MR) is 132 cm³/mol. The van der Waals surface area contributed by atoms with E-state index in [1.807, 2.05) is 30.3 Å². The van der Waals surface area contributed by atoms with Crippen molar-refractivity contribution in [2.24, 2.45) is 0 Å². The first-order chi connectivity index (χ1) is 15.7. The summed E-state index contributed by atoms with van der Waals surface area (Å²) in [6.45, 7) is 2.21. The van der Waals surface area contributed by atoms with Crippen molar-refractivity contribution in [3.05, 3.63) is 83.9 Å². The van der Waals surface area contributed by atoms with Crippen LogP contribution in [0.2, 0.25) is 0 Å². The van der Waals surface area contributed by atoms with Crippen LogP contribution in [0.4, 0.5) is 0 Å². The van der Waals surface area contributed by atoms with Gasteiger partial charge in [0.05, 0.1) is 0 Å². The van der Waals surface area contributed by atoms with Crippen molar-refractivity contribution in [3.8, 4) is 5.75 Å². The quantitative estimate of drug-likeness (QED) is 0.0972. The summed E-state index contributed by atoms with van der Waals surface area (Å²) in [4.78, 5) is 24.6. The van der Waals surface area contributed by atoms with E-state index in [4.69, 9.17) is 4.74 Å². The number of ketones is 1. The number of fused-ring (bicyclic) bond motifs is 1. The zero-order chi connectivity index (χ0) is 22.6. The van der Waals surface area contributed by atoms with E-state index in [2.05, 4.69) is 25.1 Å². The van der Waals surface area contributed by atoms with Gasteiger partial charge in [-0.25, -0.2) is 0 Å². The van der Waals surface area contributed by atoms with Crippen molar-refractivity contribution in [3.63, 3.8) is 0 Å². The van der Waals surface area contributed by atoms with Crippen LogP contribution in [-0.2, 0) is 4.79 Å². The van der Waals surface area contributed by atoms with Crippen molar-refractivity contribution in [2.45, 2.75) is 58.3 Å². The van der Waals surface area contributed by atoms with Crippen LogP contribution in [0.5, 0.6) is 5.75 Å². The fraction of sp³-hybridized carbons (Fsp3) is 0.310. The summed E-state index contributed by atoms with van der Waals surface area (Å²) in [5, 5.41) is 2.26. The molecule has 0 N–H and O–H groups in total. The standard InChI is InChI=1S/C29H32O3/c1-2-3-4-5-6-7-8-16-29(31)32-26-20-17-25(18-21-26)28(30)22-19-24-14-11-13-23-12-9-10-15-27(23)24/h9-15,17-22H,2-8,16H2,1H3/b22-19-. The highest BCUT2D eigenvalue weighted by Crippen LogP contribution is 2.20. The van der Waals surface area contributed by atoms with Gasteiger partial charge in [0.1, 0.15) is 5.75 Å². The summed E-state index contributed by atoms with van der Waals surface area (Å²) in [7, 11) is 0. The third-order valence-electron chi connectivity index (χ3n) is 5.59. The average molecular weight is 429 g/mol. The lowest BCUT2D eigenvalue weighted by atomic mass is 10.0. The summed E-state index contributed by atoms with van der Waals surface area (Å²) < 4.78 is 5.40. The Morgan fingerprint density at radius 2 is 1.47 bits per heavy atom. The van der Waals surface area contributed by atoms with Gasteiger partial charge >= 0.3 is 5.97 Å². The predicted octanol–water partition coefficient (Wildman–Crippen LogP) is 7.78. The van der Waals surface area contributed by atoms with Crippen LogP contribution in [0.15, 0.2) is 72.8 Å². The Hall–Kier alpha value is -3.20. The molecule has 32 heavy (non-hydrogen) atoms. The van der Waals surface area contributed by atoms with E-state index in [-0.39, 0.29) is 11.8 Å². The molecule has 0 heterocycles. The average Bonchev–Trinajstić information content (AvgIpc) is 2.82. The molecule has 0 saturated carbocycles. The Morgan fingerprint density at radius 3 is 2.25 bits per heavy atom. The molecule has 0 atom stereocenters. The maximum Gasteiger partial charge on any atom is 0.311 e. The van der Waals surface area contributed by atoms with Gasteiger partial charge in [-0.05, 0) is 53.1 Å². The minimum Gasteiger partial charge on any atom is -0.427 e. The smallest absolute Gasteiger partial charge is 0.311 e. The number of carbonyl (C=O) groups excluding carboxylic acids is 2. The Morgan fingerprint density at radius 1 is 0.781 bits per heavy atom. The SMILES string of the molecule is CCCCCCCCCC(=O)Oc1ccc(C(=O)/C=C\c2cccc3ccccc23)cc1. The van der Waals surface area contributed by atoms with Crippen LogP contribution in [0.25, 0.3) is 16.8 Å². The van der Waals surface area contributed by atoms with E-state index < -0.39 is 0 Å². The molecule has 0 saturated heterocycles. The molecule has 3 aromatic rings. The molecule has 3 rings (SSSR count). The summed E-state index contributed by atoms with van der Waals surface area (Å²) in [5.74, 6) is 0.180. The number of benzene rings is 3. The Balaban J connectivity index is 1.48. The molecule has 3 aromatic carbocycles. The number of allylic oxidation sites excluding steroid dienone is 1. The van der Waals surface area contributed by atoms with Gasteiger partial charge in [-0.1, -0.05) is 94.0 Å². The Kier molecular flexibility index (Phi) is 9.24. The minimum atomic E-state index is -0.214. The number of carbonyl (C=O) groups is 2. The van der Waals surface area contributed by atoms with Gasteiger partial charge in [-0.2, -0.15) is 0 Å². The number of rotatable bonds is 12. The molecule has 3 heteroatoms. The molecule has 0 fully saturated rings. The highest BCUT2D eigenvalue weighted by atomic mass is 16.5. The Bertz CT molecular complexity index is 1040. The second-order valence-corrected chi connectivity index (χ2v) is 8.14. The number of hydrogen-bond acceptors (Lipinski definition) is 3. The highest BCUT2D eigenvalue weighted by molar-refractivity contribution is 6.07. The fourth-order valence-electron chi connectivity index (χ4n) is 3.75. The van der Waals surface area contributed by atoms with Crippen LogP contribution in [0, 0.1) is 0 Å². The number of unbranched alkanes of at least 4 members (excludes halogenated alkanes) is 6. The summed E-state index contributed by atoms with van der Waals surface area (Å²) in [6.07, 6.45) is 12.0. The Labute approximate surface area is 191 Å². The third-order valence-corrected chi connectivity index (χ3v) is 5.59. The fourth-order valence-corrected chi connectivity index (χ4v) is 3.75. The molecular formula is C29H32O3. The van der Waals surface area contributed by atoms with Crippen molar-refractivity contribution < 1.29 is 14.3 Å². The van der Waals surface area contributed by atoms with Gasteiger partial charge in [0, 0.05) is 12.0 Å². The zero-order valence-corrected chi connectivity index (χ0v) is 18.9. The van der Waals surface area contributed by atoms with Gasteiger partial charge in [0.15, 0.2) is 5.78 Å².